The number of hydrogen-bond acceptors (Lipinski definition) is 8. The number of carbonyl (C=O) groups excluding carboxylic acids is 1. The van der Waals surface area contributed by atoms with Crippen LogP contribution in [0.15, 0.2) is 42.5 Å². The number of anilines is 1. The standard InChI is InChI=1S/C30H33N3O6S/c1-38-20-10-8-18(9-11-20)15-32-13-12-21-26(30(36)37)28(31-24-7-2-3-14-39-24)40-27(21)22(32)17-33-16-19-5-4-6-23(34)25(19)29(33)35/h4-6,8-11,22,24,31,34H,2-3,7,12-17H2,1H3,(H,36,37). The Morgan fingerprint density at radius 1 is 1.20 bits per heavy atom. The van der Waals surface area contributed by atoms with E-state index in [9.17, 15) is 19.8 Å². The molecule has 0 bridgehead atoms. The van der Waals surface area contributed by atoms with Gasteiger partial charge >= 0.3 is 5.97 Å². The van der Waals surface area contributed by atoms with Crippen LogP contribution in [0.5, 0.6) is 11.5 Å². The van der Waals surface area contributed by atoms with Crippen LogP contribution in [0, 0.1) is 0 Å². The average Bonchev–Trinajstić information content (AvgIpc) is 3.48. The Balaban J connectivity index is 1.35. The fraction of sp³-hybridized carbons (Fsp3) is 0.400. The molecule has 6 rings (SSSR count). The van der Waals surface area contributed by atoms with Crippen molar-refractivity contribution in [3.05, 3.63) is 75.2 Å². The van der Waals surface area contributed by atoms with Gasteiger partial charge in [-0.15, -0.1) is 11.3 Å². The lowest BCUT2D eigenvalue weighted by Gasteiger charge is -2.38. The van der Waals surface area contributed by atoms with Crippen LogP contribution in [0.1, 0.15) is 67.6 Å². The molecular weight excluding hydrogens is 530 g/mol. The van der Waals surface area contributed by atoms with E-state index in [1.165, 1.54) is 11.3 Å². The molecule has 210 valence electrons. The average molecular weight is 564 g/mol. The van der Waals surface area contributed by atoms with Gasteiger partial charge < -0.3 is 29.9 Å². The Labute approximate surface area is 236 Å². The van der Waals surface area contributed by atoms with Gasteiger partial charge in [0.2, 0.25) is 0 Å². The van der Waals surface area contributed by atoms with Gasteiger partial charge in [-0.1, -0.05) is 24.3 Å². The molecule has 1 saturated heterocycles. The quantitative estimate of drug-likeness (QED) is 0.357. The van der Waals surface area contributed by atoms with E-state index in [1.54, 1.807) is 24.1 Å². The van der Waals surface area contributed by atoms with Crippen LogP contribution < -0.4 is 10.1 Å². The number of ether oxygens (including phenoxy) is 2. The number of carboxylic acid groups (broad SMARTS) is 1. The molecule has 2 aromatic carbocycles. The largest absolute Gasteiger partial charge is 0.507 e. The third-order valence-corrected chi connectivity index (χ3v) is 9.31. The van der Waals surface area contributed by atoms with E-state index < -0.39 is 5.97 Å². The van der Waals surface area contributed by atoms with E-state index in [0.717, 1.165) is 46.6 Å². The molecule has 4 heterocycles. The summed E-state index contributed by atoms with van der Waals surface area (Å²) in [5.41, 5.74) is 3.41. The molecule has 10 heteroatoms. The number of phenolic OH excluding ortho intramolecular Hbond substituents is 1. The van der Waals surface area contributed by atoms with Crippen molar-refractivity contribution >= 4 is 28.2 Å². The predicted molar refractivity (Wildman–Crippen MR) is 151 cm³/mol. The molecule has 2 atom stereocenters. The lowest BCUT2D eigenvalue weighted by molar-refractivity contribution is 0.0344. The molecule has 0 radical (unpaired) electrons. The summed E-state index contributed by atoms with van der Waals surface area (Å²) in [5, 5.41) is 24.6. The zero-order chi connectivity index (χ0) is 27.8. The Bertz CT molecular complexity index is 1420. The monoisotopic (exact) mass is 563 g/mol. The van der Waals surface area contributed by atoms with Crippen molar-refractivity contribution in [2.45, 2.75) is 51.0 Å². The molecule has 40 heavy (non-hydrogen) atoms. The minimum Gasteiger partial charge on any atom is -0.507 e. The number of benzene rings is 2. The first-order valence-corrected chi connectivity index (χ1v) is 14.5. The number of fused-ring (bicyclic) bond motifs is 2. The third-order valence-electron chi connectivity index (χ3n) is 8.05. The number of nitrogens with one attached hydrogen (secondary N) is 1. The number of hydrogen-bond donors (Lipinski definition) is 3. The zero-order valence-corrected chi connectivity index (χ0v) is 23.2. The van der Waals surface area contributed by atoms with Crippen molar-refractivity contribution in [3.63, 3.8) is 0 Å². The highest BCUT2D eigenvalue weighted by atomic mass is 32.1. The molecule has 9 nitrogen and oxygen atoms in total. The highest BCUT2D eigenvalue weighted by Gasteiger charge is 2.39. The molecule has 3 aromatic rings. The summed E-state index contributed by atoms with van der Waals surface area (Å²) in [6, 6.07) is 12.9. The van der Waals surface area contributed by atoms with Crippen LogP contribution in [0.3, 0.4) is 0 Å². The predicted octanol–water partition coefficient (Wildman–Crippen LogP) is 4.85. The van der Waals surface area contributed by atoms with Gasteiger partial charge in [0, 0.05) is 37.7 Å². The lowest BCUT2D eigenvalue weighted by atomic mass is 9.96. The summed E-state index contributed by atoms with van der Waals surface area (Å²) in [4.78, 5) is 31.0. The molecule has 3 N–H and O–H groups in total. The molecule has 2 unspecified atom stereocenters. The number of aromatic carboxylic acids is 1. The van der Waals surface area contributed by atoms with E-state index in [2.05, 4.69) is 10.2 Å². The van der Waals surface area contributed by atoms with Crippen molar-refractivity contribution in [2.75, 3.05) is 32.1 Å². The summed E-state index contributed by atoms with van der Waals surface area (Å²) < 4.78 is 11.2. The number of methoxy groups -OCH3 is 1. The Morgan fingerprint density at radius 2 is 2.02 bits per heavy atom. The summed E-state index contributed by atoms with van der Waals surface area (Å²) in [6.07, 6.45) is 3.27. The SMILES string of the molecule is COc1ccc(CN2CCc3c(sc(NC4CCCCO4)c3C(=O)O)C2CN2Cc3cccc(O)c3C2=O)cc1. The Morgan fingerprint density at radius 3 is 2.73 bits per heavy atom. The smallest absolute Gasteiger partial charge is 0.338 e. The highest BCUT2D eigenvalue weighted by molar-refractivity contribution is 7.16. The second kappa shape index (κ2) is 11.1. The maximum absolute atomic E-state index is 13.4. The molecule has 1 fully saturated rings. The molecule has 3 aliphatic rings. The molecule has 0 aliphatic carbocycles. The van der Waals surface area contributed by atoms with Crippen molar-refractivity contribution in [2.24, 2.45) is 0 Å². The molecule has 0 spiro atoms. The second-order valence-electron chi connectivity index (χ2n) is 10.5. The number of nitrogens with zero attached hydrogens (tertiary/aromatic N) is 2. The van der Waals surface area contributed by atoms with E-state index >= 15 is 0 Å². The highest BCUT2D eigenvalue weighted by Crippen LogP contribution is 2.45. The maximum Gasteiger partial charge on any atom is 0.338 e. The minimum absolute atomic E-state index is 0.00678. The molecule has 1 aromatic heterocycles. The van der Waals surface area contributed by atoms with Crippen molar-refractivity contribution in [1.29, 1.82) is 0 Å². The number of rotatable bonds is 8. The van der Waals surface area contributed by atoms with Gasteiger partial charge in [0.05, 0.1) is 24.3 Å². The number of phenols is 1. The Hall–Kier alpha value is -3.60. The van der Waals surface area contributed by atoms with E-state index in [1.807, 2.05) is 30.3 Å². The Kier molecular flexibility index (Phi) is 7.39. The van der Waals surface area contributed by atoms with E-state index in [0.29, 0.717) is 55.3 Å². The van der Waals surface area contributed by atoms with Gasteiger partial charge in [-0.05, 0) is 60.6 Å². The number of carbonyl (C=O) groups is 2. The van der Waals surface area contributed by atoms with Gasteiger partial charge in [-0.25, -0.2) is 4.79 Å². The van der Waals surface area contributed by atoms with Gasteiger partial charge in [-0.2, -0.15) is 0 Å². The number of amides is 1. The van der Waals surface area contributed by atoms with Gasteiger partial charge in [0.15, 0.2) is 0 Å². The summed E-state index contributed by atoms with van der Waals surface area (Å²) in [7, 11) is 1.64. The van der Waals surface area contributed by atoms with E-state index in [4.69, 9.17) is 9.47 Å². The fourth-order valence-electron chi connectivity index (χ4n) is 6.02. The number of carboxylic acids is 1. The van der Waals surface area contributed by atoms with Crippen molar-refractivity contribution in [1.82, 2.24) is 9.80 Å². The third kappa shape index (κ3) is 5.02. The molecule has 0 saturated carbocycles. The van der Waals surface area contributed by atoms with Crippen molar-refractivity contribution < 1.29 is 29.3 Å². The summed E-state index contributed by atoms with van der Waals surface area (Å²) >= 11 is 1.46. The van der Waals surface area contributed by atoms with Crippen LogP contribution in [-0.4, -0.2) is 64.9 Å². The normalized spacial score (nSPS) is 20.7. The van der Waals surface area contributed by atoms with Crippen LogP contribution >= 0.6 is 11.3 Å². The first-order chi connectivity index (χ1) is 19.4. The minimum atomic E-state index is -0.951. The topological polar surface area (TPSA) is 112 Å². The first kappa shape index (κ1) is 26.6. The number of thiophene rings is 1. The first-order valence-electron chi connectivity index (χ1n) is 13.7. The molecular formula is C30H33N3O6S. The second-order valence-corrected chi connectivity index (χ2v) is 11.6. The molecule has 1 amide bonds. The van der Waals surface area contributed by atoms with Crippen LogP contribution in [0.2, 0.25) is 0 Å². The maximum atomic E-state index is 13.4. The number of aromatic hydroxyl groups is 1. The zero-order valence-electron chi connectivity index (χ0n) is 22.4. The molecule has 3 aliphatic heterocycles. The van der Waals surface area contributed by atoms with Gasteiger partial charge in [-0.3, -0.25) is 9.69 Å². The summed E-state index contributed by atoms with van der Waals surface area (Å²) in [6.45, 7) is 2.75. The van der Waals surface area contributed by atoms with Crippen LogP contribution in [0.4, 0.5) is 5.00 Å². The van der Waals surface area contributed by atoms with E-state index in [-0.39, 0.29) is 23.9 Å². The lowest BCUT2D eigenvalue weighted by Crippen LogP contribution is -2.41. The summed E-state index contributed by atoms with van der Waals surface area (Å²) in [5.74, 6) is -0.375. The van der Waals surface area contributed by atoms with Crippen LogP contribution in [-0.2, 0) is 24.2 Å². The van der Waals surface area contributed by atoms with Crippen molar-refractivity contribution in [3.8, 4) is 11.5 Å². The van der Waals surface area contributed by atoms with Crippen LogP contribution in [0.25, 0.3) is 0 Å². The van der Waals surface area contributed by atoms with Gasteiger partial charge in [0.25, 0.3) is 5.91 Å². The fourth-order valence-corrected chi connectivity index (χ4v) is 7.43. The van der Waals surface area contributed by atoms with Gasteiger partial charge in [0.1, 0.15) is 22.7 Å².